The van der Waals surface area contributed by atoms with E-state index >= 15 is 0 Å². The van der Waals surface area contributed by atoms with Crippen molar-refractivity contribution < 1.29 is 4.79 Å². The van der Waals surface area contributed by atoms with Gasteiger partial charge < -0.3 is 15.6 Å². The Morgan fingerprint density at radius 3 is 3.06 bits per heavy atom. The molecule has 0 aliphatic carbocycles. The number of hydrogen-bond acceptors (Lipinski definition) is 6. The second-order valence-corrected chi connectivity index (χ2v) is 4.59. The Hall–Kier alpha value is -1.96. The van der Waals surface area contributed by atoms with Crippen molar-refractivity contribution in [2.24, 2.45) is 0 Å². The van der Waals surface area contributed by atoms with Gasteiger partial charge in [-0.1, -0.05) is 11.3 Å². The van der Waals surface area contributed by atoms with Crippen molar-refractivity contribution in [2.75, 3.05) is 5.73 Å². The summed E-state index contributed by atoms with van der Waals surface area (Å²) in [6.07, 6.45) is 5.23. The van der Waals surface area contributed by atoms with Gasteiger partial charge in [0.05, 0.1) is 6.33 Å². The zero-order valence-electron chi connectivity index (χ0n) is 9.20. The zero-order chi connectivity index (χ0) is 12.3. The summed E-state index contributed by atoms with van der Waals surface area (Å²) in [5.41, 5.74) is 5.41. The van der Waals surface area contributed by atoms with E-state index in [1.807, 2.05) is 17.7 Å². The molecule has 2 aromatic heterocycles. The lowest BCUT2D eigenvalue weighted by Crippen LogP contribution is -2.35. The van der Waals surface area contributed by atoms with E-state index in [2.05, 4.69) is 20.5 Å². The lowest BCUT2D eigenvalue weighted by Gasteiger charge is -2.12. The van der Waals surface area contributed by atoms with Gasteiger partial charge in [-0.15, -0.1) is 10.2 Å². The van der Waals surface area contributed by atoms with E-state index in [4.69, 9.17) is 5.73 Å². The lowest BCUT2D eigenvalue weighted by atomic mass is 10.3. The van der Waals surface area contributed by atoms with E-state index in [9.17, 15) is 4.79 Å². The fourth-order valence-electron chi connectivity index (χ4n) is 1.37. The molecule has 3 N–H and O–H groups in total. The molecule has 0 spiro atoms. The normalized spacial score (nSPS) is 12.3. The molecular formula is C9H12N6OS. The van der Waals surface area contributed by atoms with Crippen LogP contribution >= 0.6 is 11.3 Å². The summed E-state index contributed by atoms with van der Waals surface area (Å²) < 4.78 is 1.89. The summed E-state index contributed by atoms with van der Waals surface area (Å²) in [5, 5.41) is 10.6. The number of imidazole rings is 1. The highest BCUT2D eigenvalue weighted by molar-refractivity contribution is 7.16. The van der Waals surface area contributed by atoms with Crippen molar-refractivity contribution in [3.8, 4) is 0 Å². The molecule has 0 aromatic carbocycles. The Labute approximate surface area is 102 Å². The van der Waals surface area contributed by atoms with E-state index in [-0.39, 0.29) is 22.1 Å². The van der Waals surface area contributed by atoms with Crippen LogP contribution in [0.2, 0.25) is 0 Å². The molecule has 0 aliphatic heterocycles. The first-order valence-electron chi connectivity index (χ1n) is 5.00. The fourth-order valence-corrected chi connectivity index (χ4v) is 1.88. The summed E-state index contributed by atoms with van der Waals surface area (Å²) in [6.45, 7) is 2.56. The van der Waals surface area contributed by atoms with E-state index < -0.39 is 0 Å². The standard InChI is InChI=1S/C9H12N6OS/c1-6(4-15-3-2-11-5-15)12-7(16)8-13-14-9(10)17-8/h2-3,5-6H,4H2,1H3,(H2,10,14)(H,12,16). The predicted molar refractivity (Wildman–Crippen MR) is 63.5 cm³/mol. The van der Waals surface area contributed by atoms with Crippen molar-refractivity contribution in [3.63, 3.8) is 0 Å². The van der Waals surface area contributed by atoms with Crippen LogP contribution in [0, 0.1) is 0 Å². The first-order valence-corrected chi connectivity index (χ1v) is 5.82. The van der Waals surface area contributed by atoms with Crippen LogP contribution in [0.4, 0.5) is 5.13 Å². The van der Waals surface area contributed by atoms with E-state index in [0.29, 0.717) is 6.54 Å². The van der Waals surface area contributed by atoms with Crippen molar-refractivity contribution in [2.45, 2.75) is 19.5 Å². The topological polar surface area (TPSA) is 98.7 Å². The van der Waals surface area contributed by atoms with Gasteiger partial charge in [0.25, 0.3) is 5.91 Å². The Morgan fingerprint density at radius 2 is 2.47 bits per heavy atom. The molecule has 1 amide bonds. The molecule has 1 atom stereocenters. The van der Waals surface area contributed by atoms with Crippen LogP contribution in [0.25, 0.3) is 0 Å². The molecule has 17 heavy (non-hydrogen) atoms. The minimum Gasteiger partial charge on any atom is -0.374 e. The number of hydrogen-bond donors (Lipinski definition) is 2. The van der Waals surface area contributed by atoms with Crippen LogP contribution in [-0.2, 0) is 6.54 Å². The second-order valence-electron chi connectivity index (χ2n) is 3.58. The molecular weight excluding hydrogens is 240 g/mol. The summed E-state index contributed by atoms with van der Waals surface area (Å²) >= 11 is 1.07. The number of nitrogens with two attached hydrogens (primary N) is 1. The monoisotopic (exact) mass is 252 g/mol. The number of rotatable bonds is 4. The highest BCUT2D eigenvalue weighted by Gasteiger charge is 2.14. The van der Waals surface area contributed by atoms with Gasteiger partial charge in [0, 0.05) is 25.0 Å². The Balaban J connectivity index is 1.90. The number of nitrogens with one attached hydrogen (secondary N) is 1. The molecule has 1 unspecified atom stereocenters. The number of aromatic nitrogens is 4. The van der Waals surface area contributed by atoms with Gasteiger partial charge in [0.15, 0.2) is 0 Å². The maximum atomic E-state index is 11.7. The third-order valence-corrected chi connectivity index (χ3v) is 2.81. The Kier molecular flexibility index (Phi) is 3.33. The molecule has 0 fully saturated rings. The van der Waals surface area contributed by atoms with Crippen LogP contribution in [-0.4, -0.2) is 31.7 Å². The van der Waals surface area contributed by atoms with E-state index in [1.54, 1.807) is 12.5 Å². The summed E-state index contributed by atoms with van der Waals surface area (Å²) in [7, 11) is 0. The molecule has 7 nitrogen and oxygen atoms in total. The van der Waals surface area contributed by atoms with E-state index in [0.717, 1.165) is 11.3 Å². The molecule has 2 heterocycles. The summed E-state index contributed by atoms with van der Waals surface area (Å²) in [4.78, 5) is 15.6. The molecule has 0 radical (unpaired) electrons. The highest BCUT2D eigenvalue weighted by Crippen LogP contribution is 2.10. The van der Waals surface area contributed by atoms with Gasteiger partial charge in [-0.2, -0.15) is 0 Å². The van der Waals surface area contributed by atoms with Crippen LogP contribution in [0.3, 0.4) is 0 Å². The number of carbonyl (C=O) groups is 1. The number of nitrogen functional groups attached to an aromatic ring is 1. The van der Waals surface area contributed by atoms with Gasteiger partial charge in [0.1, 0.15) is 0 Å². The Morgan fingerprint density at radius 1 is 1.65 bits per heavy atom. The van der Waals surface area contributed by atoms with E-state index in [1.165, 1.54) is 0 Å². The molecule has 0 aliphatic rings. The summed E-state index contributed by atoms with van der Waals surface area (Å²) in [5.74, 6) is -0.258. The molecule has 2 rings (SSSR count). The van der Waals surface area contributed by atoms with Crippen LogP contribution in [0.1, 0.15) is 16.7 Å². The SMILES string of the molecule is CC(Cn1ccnc1)NC(=O)c1nnc(N)s1. The van der Waals surface area contributed by atoms with Gasteiger partial charge in [-0.25, -0.2) is 4.98 Å². The van der Waals surface area contributed by atoms with Crippen LogP contribution in [0.5, 0.6) is 0 Å². The van der Waals surface area contributed by atoms with Gasteiger partial charge in [0.2, 0.25) is 10.1 Å². The van der Waals surface area contributed by atoms with Crippen LogP contribution < -0.4 is 11.1 Å². The summed E-state index contributed by atoms with van der Waals surface area (Å²) in [6, 6.07) is -0.0261. The number of amides is 1. The van der Waals surface area contributed by atoms with Gasteiger partial charge in [-0.05, 0) is 6.92 Å². The van der Waals surface area contributed by atoms with Crippen LogP contribution in [0.15, 0.2) is 18.7 Å². The fraction of sp³-hybridized carbons (Fsp3) is 0.333. The first kappa shape index (κ1) is 11.5. The largest absolute Gasteiger partial charge is 0.374 e. The first-order chi connectivity index (χ1) is 8.15. The lowest BCUT2D eigenvalue weighted by molar-refractivity contribution is 0.0935. The number of carbonyl (C=O) groups excluding carboxylic acids is 1. The maximum absolute atomic E-state index is 11.7. The van der Waals surface area contributed by atoms with Crippen molar-refractivity contribution >= 4 is 22.4 Å². The van der Waals surface area contributed by atoms with Crippen molar-refractivity contribution in [1.82, 2.24) is 25.1 Å². The molecule has 0 bridgehead atoms. The minimum atomic E-state index is -0.258. The third kappa shape index (κ3) is 3.00. The molecule has 90 valence electrons. The second kappa shape index (κ2) is 4.91. The third-order valence-electron chi connectivity index (χ3n) is 2.06. The molecule has 0 saturated carbocycles. The van der Waals surface area contributed by atoms with Gasteiger partial charge in [-0.3, -0.25) is 4.79 Å². The smallest absolute Gasteiger partial charge is 0.282 e. The number of anilines is 1. The molecule has 2 aromatic rings. The predicted octanol–water partition coefficient (Wildman–Crippen LogP) is 0.135. The van der Waals surface area contributed by atoms with Crippen molar-refractivity contribution in [1.29, 1.82) is 0 Å². The average molecular weight is 252 g/mol. The minimum absolute atomic E-state index is 0.0261. The average Bonchev–Trinajstić information content (AvgIpc) is 2.89. The molecule has 8 heteroatoms. The Bertz CT molecular complexity index is 493. The van der Waals surface area contributed by atoms with Crippen molar-refractivity contribution in [3.05, 3.63) is 23.7 Å². The maximum Gasteiger partial charge on any atom is 0.282 e. The molecule has 0 saturated heterocycles. The zero-order valence-corrected chi connectivity index (χ0v) is 10.0. The van der Waals surface area contributed by atoms with Gasteiger partial charge >= 0.3 is 0 Å². The number of nitrogens with zero attached hydrogens (tertiary/aromatic N) is 4. The highest BCUT2D eigenvalue weighted by atomic mass is 32.1. The quantitative estimate of drug-likeness (QED) is 0.806.